The minimum atomic E-state index is -0.738. The van der Waals surface area contributed by atoms with E-state index in [0.29, 0.717) is 18.5 Å². The van der Waals surface area contributed by atoms with Crippen LogP contribution in [-0.2, 0) is 25.6 Å². The Morgan fingerprint density at radius 3 is 2.21 bits per heavy atom. The fourth-order valence-electron chi connectivity index (χ4n) is 3.43. The van der Waals surface area contributed by atoms with Crippen molar-refractivity contribution in [2.24, 2.45) is 11.7 Å². The zero-order chi connectivity index (χ0) is 25.7. The molecule has 0 aromatic heterocycles. The van der Waals surface area contributed by atoms with Crippen LogP contribution >= 0.6 is 0 Å². The van der Waals surface area contributed by atoms with Crippen molar-refractivity contribution >= 4 is 29.3 Å². The number of aryl methyl sites for hydroxylation is 1. The third kappa shape index (κ3) is 10.3. The molecule has 1 rings (SSSR count). The first-order chi connectivity index (χ1) is 16.1. The second-order valence-electron chi connectivity index (χ2n) is 8.93. The molecule has 0 fully saturated rings. The lowest BCUT2D eigenvalue weighted by atomic mass is 10.0. The topological polar surface area (TPSA) is 134 Å². The molecular weight excluding hydrogens is 434 g/mol. The van der Waals surface area contributed by atoms with Crippen molar-refractivity contribution in [3.8, 4) is 0 Å². The van der Waals surface area contributed by atoms with E-state index < -0.39 is 11.9 Å². The SMILES string of the molecule is CCCC(C)N(C)C(=O)CCc1ccc(NC(=O)CNC(=O)C(NC(=O)CCN)C(C)C)cc1. The predicted molar refractivity (Wildman–Crippen MR) is 134 cm³/mol. The van der Waals surface area contributed by atoms with Crippen LogP contribution in [0.2, 0.25) is 0 Å². The summed E-state index contributed by atoms with van der Waals surface area (Å²) >= 11 is 0. The number of rotatable bonds is 14. The van der Waals surface area contributed by atoms with Crippen LogP contribution in [-0.4, -0.2) is 60.7 Å². The molecule has 0 saturated heterocycles. The monoisotopic (exact) mass is 475 g/mol. The molecule has 2 atom stereocenters. The molecule has 9 heteroatoms. The maximum Gasteiger partial charge on any atom is 0.243 e. The lowest BCUT2D eigenvalue weighted by molar-refractivity contribution is -0.131. The van der Waals surface area contributed by atoms with E-state index in [1.807, 2.05) is 33.0 Å². The summed E-state index contributed by atoms with van der Waals surface area (Å²) in [6, 6.07) is 6.78. The Hall–Kier alpha value is -2.94. The van der Waals surface area contributed by atoms with Crippen molar-refractivity contribution in [3.63, 3.8) is 0 Å². The average Bonchev–Trinajstić information content (AvgIpc) is 2.80. The first-order valence-corrected chi connectivity index (χ1v) is 12.0. The molecule has 9 nitrogen and oxygen atoms in total. The van der Waals surface area contributed by atoms with E-state index in [4.69, 9.17) is 5.73 Å². The van der Waals surface area contributed by atoms with Gasteiger partial charge in [0.25, 0.3) is 0 Å². The van der Waals surface area contributed by atoms with Crippen LogP contribution in [0.15, 0.2) is 24.3 Å². The third-order valence-electron chi connectivity index (χ3n) is 5.69. The minimum Gasteiger partial charge on any atom is -0.345 e. The molecule has 0 aliphatic heterocycles. The normalized spacial score (nSPS) is 12.6. The molecule has 1 aromatic rings. The molecule has 1 aromatic carbocycles. The summed E-state index contributed by atoms with van der Waals surface area (Å²) in [5.74, 6) is -1.12. The molecule has 0 bridgehead atoms. The fraction of sp³-hybridized carbons (Fsp3) is 0.600. The first-order valence-electron chi connectivity index (χ1n) is 12.0. The van der Waals surface area contributed by atoms with Gasteiger partial charge in [-0.15, -0.1) is 0 Å². The Balaban J connectivity index is 2.50. The third-order valence-corrected chi connectivity index (χ3v) is 5.69. The molecule has 190 valence electrons. The van der Waals surface area contributed by atoms with Crippen LogP contribution in [0.5, 0.6) is 0 Å². The summed E-state index contributed by atoms with van der Waals surface area (Å²) in [6.45, 7) is 7.77. The maximum absolute atomic E-state index is 12.4. The second kappa shape index (κ2) is 15.1. The highest BCUT2D eigenvalue weighted by atomic mass is 16.2. The number of carbonyl (C=O) groups excluding carboxylic acids is 4. The molecule has 2 unspecified atom stereocenters. The highest BCUT2D eigenvalue weighted by molar-refractivity contribution is 5.96. The van der Waals surface area contributed by atoms with Crippen molar-refractivity contribution in [2.75, 3.05) is 25.5 Å². The number of nitrogens with two attached hydrogens (primary N) is 1. The van der Waals surface area contributed by atoms with E-state index in [-0.39, 0.29) is 49.2 Å². The Morgan fingerprint density at radius 2 is 1.65 bits per heavy atom. The maximum atomic E-state index is 12.4. The van der Waals surface area contributed by atoms with Crippen molar-refractivity contribution < 1.29 is 19.2 Å². The molecule has 5 N–H and O–H groups in total. The number of hydrogen-bond acceptors (Lipinski definition) is 5. The zero-order valence-electron chi connectivity index (χ0n) is 21.1. The van der Waals surface area contributed by atoms with E-state index in [1.165, 1.54) is 0 Å². The highest BCUT2D eigenvalue weighted by Crippen LogP contribution is 2.13. The molecule has 0 aliphatic carbocycles. The summed E-state index contributed by atoms with van der Waals surface area (Å²) < 4.78 is 0. The van der Waals surface area contributed by atoms with E-state index in [9.17, 15) is 19.2 Å². The van der Waals surface area contributed by atoms with Crippen molar-refractivity contribution in [1.29, 1.82) is 0 Å². The van der Waals surface area contributed by atoms with E-state index in [2.05, 4.69) is 29.8 Å². The Morgan fingerprint density at radius 1 is 1.00 bits per heavy atom. The van der Waals surface area contributed by atoms with Crippen molar-refractivity contribution in [3.05, 3.63) is 29.8 Å². The van der Waals surface area contributed by atoms with Crippen LogP contribution in [0.25, 0.3) is 0 Å². The zero-order valence-corrected chi connectivity index (χ0v) is 21.1. The minimum absolute atomic E-state index is 0.119. The van der Waals surface area contributed by atoms with Crippen LogP contribution in [0.4, 0.5) is 5.69 Å². The summed E-state index contributed by atoms with van der Waals surface area (Å²) in [7, 11) is 1.84. The summed E-state index contributed by atoms with van der Waals surface area (Å²) in [5.41, 5.74) is 6.97. The lowest BCUT2D eigenvalue weighted by Crippen LogP contribution is -2.51. The molecule has 0 aliphatic rings. The van der Waals surface area contributed by atoms with Crippen LogP contribution in [0.1, 0.15) is 58.9 Å². The molecule has 0 saturated carbocycles. The molecule has 0 radical (unpaired) electrons. The number of hydrogen-bond donors (Lipinski definition) is 4. The van der Waals surface area contributed by atoms with Gasteiger partial charge in [-0.1, -0.05) is 39.3 Å². The number of benzene rings is 1. The Kier molecular flexibility index (Phi) is 12.9. The fourth-order valence-corrected chi connectivity index (χ4v) is 3.43. The van der Waals surface area contributed by atoms with Gasteiger partial charge in [-0.3, -0.25) is 19.2 Å². The predicted octanol–water partition coefficient (Wildman–Crippen LogP) is 1.81. The van der Waals surface area contributed by atoms with Gasteiger partial charge in [0.1, 0.15) is 6.04 Å². The van der Waals surface area contributed by atoms with Gasteiger partial charge < -0.3 is 26.6 Å². The number of anilines is 1. The van der Waals surface area contributed by atoms with Gasteiger partial charge in [0.15, 0.2) is 0 Å². The number of nitrogens with one attached hydrogen (secondary N) is 3. The van der Waals surface area contributed by atoms with Gasteiger partial charge in [0.05, 0.1) is 6.54 Å². The quantitative estimate of drug-likeness (QED) is 0.326. The number of carbonyl (C=O) groups is 4. The summed E-state index contributed by atoms with van der Waals surface area (Å²) in [4.78, 5) is 50.6. The first kappa shape index (κ1) is 29.1. The second-order valence-corrected chi connectivity index (χ2v) is 8.93. The molecule has 0 spiro atoms. The summed E-state index contributed by atoms with van der Waals surface area (Å²) in [5, 5.41) is 7.94. The molecular formula is C25H41N5O4. The van der Waals surface area contributed by atoms with Gasteiger partial charge in [-0.25, -0.2) is 0 Å². The van der Waals surface area contributed by atoms with Gasteiger partial charge >= 0.3 is 0 Å². The molecule has 4 amide bonds. The van der Waals surface area contributed by atoms with E-state index in [1.54, 1.807) is 17.0 Å². The van der Waals surface area contributed by atoms with Gasteiger partial charge in [-0.05, 0) is 43.4 Å². The van der Waals surface area contributed by atoms with Gasteiger partial charge in [-0.2, -0.15) is 0 Å². The summed E-state index contributed by atoms with van der Waals surface area (Å²) in [6.07, 6.45) is 3.22. The van der Waals surface area contributed by atoms with Gasteiger partial charge in [0.2, 0.25) is 23.6 Å². The van der Waals surface area contributed by atoms with Crippen LogP contribution in [0.3, 0.4) is 0 Å². The van der Waals surface area contributed by atoms with Gasteiger partial charge in [0, 0.05) is 38.2 Å². The Bertz CT molecular complexity index is 810. The van der Waals surface area contributed by atoms with Crippen molar-refractivity contribution in [2.45, 2.75) is 71.9 Å². The van der Waals surface area contributed by atoms with Crippen molar-refractivity contribution in [1.82, 2.24) is 15.5 Å². The standard InChI is InChI=1S/C25H41N5O4/c1-6-7-18(4)30(5)23(33)13-10-19-8-11-20(12-9-19)28-22(32)16-27-25(34)24(17(2)3)29-21(31)14-15-26/h8-9,11-12,17-18,24H,6-7,10,13-16,26H2,1-5H3,(H,27,34)(H,28,32)(H,29,31). The lowest BCUT2D eigenvalue weighted by Gasteiger charge is -2.24. The number of amides is 4. The Labute approximate surface area is 203 Å². The highest BCUT2D eigenvalue weighted by Gasteiger charge is 2.24. The molecule has 0 heterocycles. The van der Waals surface area contributed by atoms with Crippen LogP contribution in [0, 0.1) is 5.92 Å². The number of nitrogens with zero attached hydrogens (tertiary/aromatic N) is 1. The largest absolute Gasteiger partial charge is 0.345 e. The van der Waals surface area contributed by atoms with E-state index in [0.717, 1.165) is 18.4 Å². The smallest absolute Gasteiger partial charge is 0.243 e. The molecule has 34 heavy (non-hydrogen) atoms. The van der Waals surface area contributed by atoms with Crippen LogP contribution < -0.4 is 21.7 Å². The van der Waals surface area contributed by atoms with E-state index >= 15 is 0 Å². The average molecular weight is 476 g/mol.